The van der Waals surface area contributed by atoms with Gasteiger partial charge in [-0.05, 0) is 35.8 Å². The van der Waals surface area contributed by atoms with E-state index in [1.54, 1.807) is 0 Å². The van der Waals surface area contributed by atoms with E-state index in [1.165, 1.54) is 62.0 Å². The van der Waals surface area contributed by atoms with Crippen molar-refractivity contribution in [2.24, 2.45) is 5.92 Å². The molecule has 0 radical (unpaired) electrons. The van der Waals surface area contributed by atoms with Gasteiger partial charge in [0.25, 0.3) is 0 Å². The molecular weight excluding hydrogens is 321 g/mol. The van der Waals surface area contributed by atoms with Crippen LogP contribution in [0.25, 0.3) is 0 Å². The zero-order valence-corrected chi connectivity index (χ0v) is 16.4. The van der Waals surface area contributed by atoms with Crippen molar-refractivity contribution < 1.29 is 0 Å². The second kappa shape index (κ2) is 10.1. The second-order valence-electron chi connectivity index (χ2n) is 7.28. The summed E-state index contributed by atoms with van der Waals surface area (Å²) in [6.07, 6.45) is 11.1. The van der Waals surface area contributed by atoms with Gasteiger partial charge in [0.2, 0.25) is 0 Å². The number of hydrogen-bond acceptors (Lipinski definition) is 1. The summed E-state index contributed by atoms with van der Waals surface area (Å²) in [4.78, 5) is 0. The highest BCUT2D eigenvalue weighted by molar-refractivity contribution is 7.71. The Kier molecular flexibility index (Phi) is 7.52. The van der Waals surface area contributed by atoms with Crippen molar-refractivity contribution >= 4 is 18.7 Å². The first-order valence-corrected chi connectivity index (χ1v) is 11.4. The molecule has 0 heterocycles. The Bertz CT molecular complexity index is 559. The van der Waals surface area contributed by atoms with Crippen LogP contribution in [-0.2, 0) is 0 Å². The molecular formula is C23H32NP. The van der Waals surface area contributed by atoms with Crippen molar-refractivity contribution in [1.82, 2.24) is 5.09 Å². The number of rotatable bonds is 8. The lowest BCUT2D eigenvalue weighted by Crippen LogP contribution is -2.39. The molecule has 0 unspecified atom stereocenters. The van der Waals surface area contributed by atoms with E-state index in [0.29, 0.717) is 6.04 Å². The average molecular weight is 353 g/mol. The molecule has 2 heteroatoms. The van der Waals surface area contributed by atoms with Crippen LogP contribution in [0.15, 0.2) is 60.7 Å². The first kappa shape index (κ1) is 18.6. The van der Waals surface area contributed by atoms with E-state index >= 15 is 0 Å². The molecule has 0 saturated heterocycles. The third kappa shape index (κ3) is 5.40. The number of hydrogen-bond donors (Lipinski definition) is 1. The fraction of sp³-hybridized carbons (Fsp3) is 0.478. The van der Waals surface area contributed by atoms with Crippen LogP contribution in [0.5, 0.6) is 0 Å². The van der Waals surface area contributed by atoms with E-state index in [4.69, 9.17) is 0 Å². The Morgan fingerprint density at radius 2 is 1.44 bits per heavy atom. The second-order valence-corrected chi connectivity index (χ2v) is 9.24. The first-order valence-electron chi connectivity index (χ1n) is 10.0. The van der Waals surface area contributed by atoms with Crippen LogP contribution in [0.1, 0.15) is 58.3 Å². The number of nitrogens with one attached hydrogen (secondary N) is 1. The highest BCUT2D eigenvalue weighted by Crippen LogP contribution is 2.36. The van der Waals surface area contributed by atoms with Crippen LogP contribution in [0.2, 0.25) is 0 Å². The van der Waals surface area contributed by atoms with E-state index in [1.807, 2.05) is 0 Å². The van der Waals surface area contributed by atoms with Crippen LogP contribution in [0, 0.1) is 5.92 Å². The van der Waals surface area contributed by atoms with Gasteiger partial charge in [-0.3, -0.25) is 5.09 Å². The van der Waals surface area contributed by atoms with Crippen LogP contribution in [-0.4, -0.2) is 6.04 Å². The molecule has 1 fully saturated rings. The van der Waals surface area contributed by atoms with Gasteiger partial charge in [0.15, 0.2) is 0 Å². The minimum atomic E-state index is -0.469. The molecule has 2 aromatic carbocycles. The molecule has 1 nitrogen and oxygen atoms in total. The minimum absolute atomic E-state index is 0.469. The quantitative estimate of drug-likeness (QED) is 0.470. The summed E-state index contributed by atoms with van der Waals surface area (Å²) in [5.74, 6) is 0.859. The van der Waals surface area contributed by atoms with Crippen molar-refractivity contribution in [2.75, 3.05) is 0 Å². The summed E-state index contributed by atoms with van der Waals surface area (Å²) in [5.41, 5.74) is 0. The Labute approximate surface area is 155 Å². The van der Waals surface area contributed by atoms with Crippen molar-refractivity contribution in [1.29, 1.82) is 0 Å². The van der Waals surface area contributed by atoms with Crippen molar-refractivity contribution in [3.05, 3.63) is 60.7 Å². The Morgan fingerprint density at radius 3 is 2.04 bits per heavy atom. The summed E-state index contributed by atoms with van der Waals surface area (Å²) in [5, 5.41) is 7.02. The van der Waals surface area contributed by atoms with Crippen LogP contribution < -0.4 is 15.7 Å². The van der Waals surface area contributed by atoms with Gasteiger partial charge in [-0.25, -0.2) is 0 Å². The van der Waals surface area contributed by atoms with E-state index in [2.05, 4.69) is 72.7 Å². The lowest BCUT2D eigenvalue weighted by Gasteiger charge is -2.35. The molecule has 3 rings (SSSR count). The summed E-state index contributed by atoms with van der Waals surface area (Å²) in [6.45, 7) is 2.31. The molecule has 0 aliphatic heterocycles. The molecule has 0 amide bonds. The lowest BCUT2D eigenvalue weighted by atomic mass is 9.82. The minimum Gasteiger partial charge on any atom is -0.285 e. The Morgan fingerprint density at radius 1 is 0.840 bits per heavy atom. The normalized spacial score (nSPS) is 20.7. The molecule has 25 heavy (non-hydrogen) atoms. The predicted octanol–water partition coefficient (Wildman–Crippen LogP) is 5.76. The van der Waals surface area contributed by atoms with Crippen molar-refractivity contribution in [2.45, 2.75) is 64.3 Å². The van der Waals surface area contributed by atoms with Gasteiger partial charge in [0.1, 0.15) is 0 Å². The van der Waals surface area contributed by atoms with Gasteiger partial charge in [0.05, 0.1) is 0 Å². The smallest absolute Gasteiger partial charge is 0.0256 e. The number of unbranched alkanes of at least 4 members (excludes halogenated alkanes) is 2. The monoisotopic (exact) mass is 353 g/mol. The lowest BCUT2D eigenvalue weighted by molar-refractivity contribution is 0.271. The zero-order chi connectivity index (χ0) is 17.3. The first-order chi connectivity index (χ1) is 12.4. The molecule has 1 saturated carbocycles. The summed E-state index contributed by atoms with van der Waals surface area (Å²) < 4.78 is 0. The maximum atomic E-state index is 4.13. The van der Waals surface area contributed by atoms with Gasteiger partial charge in [-0.1, -0.05) is 99.7 Å². The molecule has 0 spiro atoms. The molecule has 2 aromatic rings. The summed E-state index contributed by atoms with van der Waals surface area (Å²) in [6, 6.07) is 22.8. The Hall–Kier alpha value is -1.17. The fourth-order valence-electron chi connectivity index (χ4n) is 4.00. The predicted molar refractivity (Wildman–Crippen MR) is 112 cm³/mol. The molecule has 1 aliphatic carbocycles. The fourth-order valence-corrected chi connectivity index (χ4v) is 6.21. The average Bonchev–Trinajstić information content (AvgIpc) is 2.69. The number of benzene rings is 2. The van der Waals surface area contributed by atoms with Gasteiger partial charge < -0.3 is 0 Å². The zero-order valence-electron chi connectivity index (χ0n) is 15.5. The third-order valence-electron chi connectivity index (χ3n) is 5.41. The summed E-state index contributed by atoms with van der Waals surface area (Å²) in [7, 11) is -0.469. The van der Waals surface area contributed by atoms with Gasteiger partial charge >= 0.3 is 0 Å². The van der Waals surface area contributed by atoms with E-state index in [0.717, 1.165) is 5.92 Å². The SMILES string of the molecule is CCCCC[C@H]1CCCC[C@@H]1NP(c1ccccc1)c1ccccc1. The van der Waals surface area contributed by atoms with Crippen LogP contribution in [0.4, 0.5) is 0 Å². The topological polar surface area (TPSA) is 12.0 Å². The third-order valence-corrected chi connectivity index (χ3v) is 7.63. The van der Waals surface area contributed by atoms with Gasteiger partial charge in [-0.2, -0.15) is 0 Å². The van der Waals surface area contributed by atoms with E-state index in [9.17, 15) is 0 Å². The van der Waals surface area contributed by atoms with Gasteiger partial charge in [0, 0.05) is 14.1 Å². The standard InChI is InChI=1S/C23H32NP/c1-2-3-6-13-20-14-11-12-19-23(20)24-25(21-15-7-4-8-16-21)22-17-9-5-10-18-22/h4-5,7-10,15-18,20,23-24H,2-3,6,11-14,19H2,1H3/t20-,23-/m0/s1. The Balaban J connectivity index is 1.76. The van der Waals surface area contributed by atoms with Crippen molar-refractivity contribution in [3.8, 4) is 0 Å². The molecule has 0 bridgehead atoms. The maximum Gasteiger partial charge on any atom is 0.0256 e. The molecule has 2 atom stereocenters. The largest absolute Gasteiger partial charge is 0.285 e. The highest BCUT2D eigenvalue weighted by atomic mass is 31.1. The maximum absolute atomic E-state index is 4.13. The highest BCUT2D eigenvalue weighted by Gasteiger charge is 2.27. The van der Waals surface area contributed by atoms with Gasteiger partial charge in [-0.15, -0.1) is 0 Å². The molecule has 134 valence electrons. The van der Waals surface area contributed by atoms with Crippen LogP contribution in [0.3, 0.4) is 0 Å². The van der Waals surface area contributed by atoms with Crippen molar-refractivity contribution in [3.63, 3.8) is 0 Å². The molecule has 1 N–H and O–H groups in total. The molecule has 1 aliphatic rings. The van der Waals surface area contributed by atoms with E-state index in [-0.39, 0.29) is 0 Å². The summed E-state index contributed by atoms with van der Waals surface area (Å²) >= 11 is 0. The van der Waals surface area contributed by atoms with E-state index < -0.39 is 8.07 Å². The van der Waals surface area contributed by atoms with Crippen LogP contribution >= 0.6 is 8.07 Å². The molecule has 0 aromatic heterocycles.